The fraction of sp³-hybridized carbons (Fsp3) is 0.533. The largest absolute Gasteiger partial charge is 0.494 e. The molecule has 0 radical (unpaired) electrons. The molecule has 1 atom stereocenters. The lowest BCUT2D eigenvalue weighted by atomic mass is 10.1. The summed E-state index contributed by atoms with van der Waals surface area (Å²) in [5.74, 6) is 0.698. The minimum Gasteiger partial charge on any atom is -0.494 e. The average Bonchev–Trinajstić information content (AvgIpc) is 2.92. The molecule has 0 aliphatic heterocycles. The van der Waals surface area contributed by atoms with E-state index in [1.165, 1.54) is 12.8 Å². The van der Waals surface area contributed by atoms with E-state index in [1.54, 1.807) is 0 Å². The van der Waals surface area contributed by atoms with Gasteiger partial charge in [-0.1, -0.05) is 25.0 Å². The number of carbonyl (C=O) groups is 1. The van der Waals surface area contributed by atoms with Gasteiger partial charge in [0.05, 0.1) is 6.61 Å². The van der Waals surface area contributed by atoms with Crippen molar-refractivity contribution in [1.29, 1.82) is 0 Å². The van der Waals surface area contributed by atoms with Crippen LogP contribution in [0.4, 0.5) is 0 Å². The van der Waals surface area contributed by atoms with Gasteiger partial charge in [-0.2, -0.15) is 0 Å². The zero-order chi connectivity index (χ0) is 13.7. The van der Waals surface area contributed by atoms with Gasteiger partial charge in [-0.3, -0.25) is 4.79 Å². The smallest absolute Gasteiger partial charge is 0.242 e. The highest BCUT2D eigenvalue weighted by molar-refractivity contribution is 6.30. The number of benzene rings is 1. The fourth-order valence-electron chi connectivity index (χ4n) is 2.40. The Hall–Kier alpha value is -1.22. The van der Waals surface area contributed by atoms with Crippen molar-refractivity contribution in [1.82, 2.24) is 5.32 Å². The van der Waals surface area contributed by atoms with Gasteiger partial charge in [0.25, 0.3) is 0 Å². The molecule has 0 saturated heterocycles. The zero-order valence-electron chi connectivity index (χ0n) is 11.2. The lowest BCUT2D eigenvalue weighted by molar-refractivity contribution is -0.121. The van der Waals surface area contributed by atoms with Crippen molar-refractivity contribution in [2.75, 3.05) is 6.61 Å². The van der Waals surface area contributed by atoms with Crippen LogP contribution in [0, 0.1) is 0 Å². The van der Waals surface area contributed by atoms with Crippen LogP contribution >= 0.6 is 11.6 Å². The Balaban J connectivity index is 1.93. The molecule has 1 fully saturated rings. The minimum absolute atomic E-state index is 0.0993. The van der Waals surface area contributed by atoms with Crippen LogP contribution in [-0.4, -0.2) is 18.6 Å². The number of alkyl halides is 1. The summed E-state index contributed by atoms with van der Waals surface area (Å²) in [6, 6.07) is 7.68. The number of hydrogen-bond donors (Lipinski definition) is 1. The van der Waals surface area contributed by atoms with Crippen molar-refractivity contribution in [3.63, 3.8) is 0 Å². The van der Waals surface area contributed by atoms with E-state index in [0.29, 0.717) is 12.6 Å². The molecule has 2 rings (SSSR count). The number of carbonyl (C=O) groups excluding carboxylic acids is 1. The van der Waals surface area contributed by atoms with Gasteiger partial charge in [0, 0.05) is 6.04 Å². The van der Waals surface area contributed by atoms with Gasteiger partial charge >= 0.3 is 0 Å². The van der Waals surface area contributed by atoms with Crippen LogP contribution in [0.5, 0.6) is 5.75 Å². The van der Waals surface area contributed by atoms with Crippen molar-refractivity contribution in [2.24, 2.45) is 0 Å². The van der Waals surface area contributed by atoms with Crippen molar-refractivity contribution in [3.05, 3.63) is 29.8 Å². The van der Waals surface area contributed by atoms with E-state index in [4.69, 9.17) is 16.3 Å². The van der Waals surface area contributed by atoms with Crippen LogP contribution in [0.25, 0.3) is 0 Å². The lowest BCUT2D eigenvalue weighted by Crippen LogP contribution is -2.34. The maximum atomic E-state index is 12.0. The zero-order valence-corrected chi connectivity index (χ0v) is 12.0. The third kappa shape index (κ3) is 3.87. The molecule has 1 aromatic carbocycles. The molecule has 104 valence electrons. The third-order valence-corrected chi connectivity index (χ3v) is 3.87. The second-order valence-electron chi connectivity index (χ2n) is 4.85. The van der Waals surface area contributed by atoms with E-state index in [0.717, 1.165) is 24.2 Å². The molecular formula is C15H20ClNO2. The van der Waals surface area contributed by atoms with Crippen LogP contribution in [0.2, 0.25) is 0 Å². The Morgan fingerprint density at radius 3 is 2.58 bits per heavy atom. The van der Waals surface area contributed by atoms with Gasteiger partial charge in [-0.15, -0.1) is 11.6 Å². The Bertz CT molecular complexity index is 413. The summed E-state index contributed by atoms with van der Waals surface area (Å²) in [4.78, 5) is 12.0. The number of ether oxygens (including phenoxy) is 1. The molecule has 1 aliphatic carbocycles. The van der Waals surface area contributed by atoms with E-state index in [1.807, 2.05) is 31.2 Å². The predicted octanol–water partition coefficient (Wildman–Crippen LogP) is 3.42. The molecule has 1 saturated carbocycles. The SMILES string of the molecule is CCOc1ccc(C(Cl)C(=O)NC2CCCC2)cc1. The second kappa shape index (κ2) is 6.80. The quantitative estimate of drug-likeness (QED) is 0.840. The summed E-state index contributed by atoms with van der Waals surface area (Å²) in [5.41, 5.74) is 0.806. The minimum atomic E-state index is -0.628. The molecule has 1 amide bonds. The Kier molecular flexibility index (Phi) is 5.08. The van der Waals surface area contributed by atoms with E-state index in [9.17, 15) is 4.79 Å². The second-order valence-corrected chi connectivity index (χ2v) is 5.29. The number of hydrogen-bond acceptors (Lipinski definition) is 2. The van der Waals surface area contributed by atoms with Gasteiger partial charge in [0.15, 0.2) is 0 Å². The first-order chi connectivity index (χ1) is 9.20. The van der Waals surface area contributed by atoms with E-state index in [2.05, 4.69) is 5.32 Å². The molecule has 1 aliphatic rings. The van der Waals surface area contributed by atoms with Crippen LogP contribution < -0.4 is 10.1 Å². The van der Waals surface area contributed by atoms with Gasteiger partial charge < -0.3 is 10.1 Å². The number of halogens is 1. The first kappa shape index (κ1) is 14.2. The van der Waals surface area contributed by atoms with Crippen LogP contribution in [0.15, 0.2) is 24.3 Å². The molecule has 1 N–H and O–H groups in total. The lowest BCUT2D eigenvalue weighted by Gasteiger charge is -2.15. The van der Waals surface area contributed by atoms with Gasteiger partial charge in [0.1, 0.15) is 11.1 Å². The first-order valence-electron chi connectivity index (χ1n) is 6.88. The van der Waals surface area contributed by atoms with Crippen LogP contribution in [-0.2, 0) is 4.79 Å². The monoisotopic (exact) mass is 281 g/mol. The van der Waals surface area contributed by atoms with Gasteiger partial charge in [-0.25, -0.2) is 0 Å². The number of amides is 1. The van der Waals surface area contributed by atoms with Crippen LogP contribution in [0.1, 0.15) is 43.5 Å². The molecule has 1 aromatic rings. The molecule has 4 heteroatoms. The molecular weight excluding hydrogens is 262 g/mol. The summed E-state index contributed by atoms with van der Waals surface area (Å²) in [5, 5.41) is 2.39. The predicted molar refractivity (Wildman–Crippen MR) is 76.6 cm³/mol. The Labute approximate surface area is 119 Å². The maximum absolute atomic E-state index is 12.0. The van der Waals surface area contributed by atoms with Crippen molar-refractivity contribution in [3.8, 4) is 5.75 Å². The van der Waals surface area contributed by atoms with Crippen molar-refractivity contribution >= 4 is 17.5 Å². The summed E-state index contributed by atoms with van der Waals surface area (Å²) < 4.78 is 5.37. The number of nitrogens with one attached hydrogen (secondary N) is 1. The highest BCUT2D eigenvalue weighted by atomic mass is 35.5. The van der Waals surface area contributed by atoms with E-state index >= 15 is 0 Å². The highest BCUT2D eigenvalue weighted by Gasteiger charge is 2.22. The topological polar surface area (TPSA) is 38.3 Å². The standard InChI is InChI=1S/C15H20ClNO2/c1-2-19-13-9-7-11(8-10-13)14(16)15(18)17-12-5-3-4-6-12/h7-10,12,14H,2-6H2,1H3,(H,17,18). The normalized spacial score (nSPS) is 17.2. The molecule has 0 aromatic heterocycles. The van der Waals surface area contributed by atoms with Crippen molar-refractivity contribution in [2.45, 2.75) is 44.0 Å². The summed E-state index contributed by atoms with van der Waals surface area (Å²) in [6.07, 6.45) is 4.53. The van der Waals surface area contributed by atoms with Gasteiger partial charge in [0.2, 0.25) is 5.91 Å². The van der Waals surface area contributed by atoms with E-state index in [-0.39, 0.29) is 5.91 Å². The maximum Gasteiger partial charge on any atom is 0.242 e. The summed E-state index contributed by atoms with van der Waals surface area (Å²) >= 11 is 6.21. The van der Waals surface area contributed by atoms with Crippen LogP contribution in [0.3, 0.4) is 0 Å². The Morgan fingerprint density at radius 2 is 2.00 bits per heavy atom. The molecule has 19 heavy (non-hydrogen) atoms. The molecule has 0 heterocycles. The van der Waals surface area contributed by atoms with E-state index < -0.39 is 5.38 Å². The molecule has 3 nitrogen and oxygen atoms in total. The molecule has 1 unspecified atom stereocenters. The Morgan fingerprint density at radius 1 is 1.37 bits per heavy atom. The molecule has 0 bridgehead atoms. The third-order valence-electron chi connectivity index (χ3n) is 3.42. The molecule has 0 spiro atoms. The average molecular weight is 282 g/mol. The van der Waals surface area contributed by atoms with Crippen molar-refractivity contribution < 1.29 is 9.53 Å². The summed E-state index contributed by atoms with van der Waals surface area (Å²) in [7, 11) is 0. The fourth-order valence-corrected chi connectivity index (χ4v) is 2.60. The highest BCUT2D eigenvalue weighted by Crippen LogP contribution is 2.25. The summed E-state index contributed by atoms with van der Waals surface area (Å²) in [6.45, 7) is 2.57. The number of rotatable bonds is 5. The first-order valence-corrected chi connectivity index (χ1v) is 7.31. The van der Waals surface area contributed by atoms with Gasteiger partial charge in [-0.05, 0) is 37.5 Å².